The van der Waals surface area contributed by atoms with Gasteiger partial charge in [0.2, 0.25) is 0 Å². The first-order valence-electron chi connectivity index (χ1n) is 10.3. The molecule has 0 aromatic heterocycles. The molecule has 4 aliphatic rings. The molecule has 0 radical (unpaired) electrons. The van der Waals surface area contributed by atoms with E-state index in [-0.39, 0.29) is 23.9 Å². The van der Waals surface area contributed by atoms with Gasteiger partial charge in [-0.2, -0.15) is 0 Å². The van der Waals surface area contributed by atoms with Crippen molar-refractivity contribution < 1.29 is 19.1 Å². The molecule has 2 atom stereocenters. The van der Waals surface area contributed by atoms with Gasteiger partial charge in [0.25, 0.3) is 5.91 Å². The van der Waals surface area contributed by atoms with Crippen molar-refractivity contribution in [2.24, 2.45) is 5.92 Å². The largest absolute Gasteiger partial charge is 0.497 e. The number of likely N-dealkylation sites (tertiary alicyclic amines) is 1. The number of ether oxygens (including phenoxy) is 1. The van der Waals surface area contributed by atoms with Gasteiger partial charge in [-0.25, -0.2) is 9.59 Å². The summed E-state index contributed by atoms with van der Waals surface area (Å²) in [6.45, 7) is 4.49. The van der Waals surface area contributed by atoms with Crippen LogP contribution in [-0.4, -0.2) is 66.6 Å². The van der Waals surface area contributed by atoms with Gasteiger partial charge in [-0.05, 0) is 42.7 Å². The summed E-state index contributed by atoms with van der Waals surface area (Å²) in [5.74, 6) is 0.806. The molecule has 1 aromatic rings. The minimum Gasteiger partial charge on any atom is -0.497 e. The van der Waals surface area contributed by atoms with E-state index in [0.29, 0.717) is 38.3 Å². The van der Waals surface area contributed by atoms with Crippen molar-refractivity contribution in [1.82, 2.24) is 25.8 Å². The van der Waals surface area contributed by atoms with E-state index in [1.165, 1.54) is 0 Å². The highest BCUT2D eigenvalue weighted by atomic mass is 16.5. The first-order valence-corrected chi connectivity index (χ1v) is 10.3. The highest BCUT2D eigenvalue weighted by Crippen LogP contribution is 2.50. The number of nitrogens with one attached hydrogen (secondary N) is 3. The van der Waals surface area contributed by atoms with Crippen LogP contribution in [0.1, 0.15) is 29.3 Å². The monoisotopic (exact) mass is 411 g/mol. The summed E-state index contributed by atoms with van der Waals surface area (Å²) in [5, 5.41) is 8.85. The van der Waals surface area contributed by atoms with Gasteiger partial charge < -0.3 is 30.5 Å². The van der Waals surface area contributed by atoms with E-state index < -0.39 is 5.54 Å². The summed E-state index contributed by atoms with van der Waals surface area (Å²) in [6, 6.07) is 5.15. The summed E-state index contributed by atoms with van der Waals surface area (Å²) >= 11 is 0. The molecular formula is C21H25N5O4. The van der Waals surface area contributed by atoms with E-state index in [1.54, 1.807) is 29.0 Å². The highest BCUT2D eigenvalue weighted by molar-refractivity contribution is 5.99. The molecule has 30 heavy (non-hydrogen) atoms. The fourth-order valence-corrected chi connectivity index (χ4v) is 5.30. The standard InChI is InChI=1S/C21H25N5O4/c1-3-22-20(29)25-7-6-16-15(10-25)17-21(16,24-19(28)23-17)11-26-9-12-8-13(30-2)4-5-14(12)18(26)27/h4-5,8,16H,3,6-7,9-11H2,1-2H3,(H,22,29)(H2,23,24,28). The minimum atomic E-state index is -0.596. The van der Waals surface area contributed by atoms with Crippen molar-refractivity contribution >= 4 is 18.0 Å². The Labute approximate surface area is 174 Å². The first kappa shape index (κ1) is 18.8. The zero-order valence-electron chi connectivity index (χ0n) is 17.1. The van der Waals surface area contributed by atoms with Crippen LogP contribution in [0.25, 0.3) is 0 Å². The maximum Gasteiger partial charge on any atom is 0.319 e. The van der Waals surface area contributed by atoms with Crippen molar-refractivity contribution in [3.8, 4) is 5.75 Å². The molecule has 0 saturated carbocycles. The van der Waals surface area contributed by atoms with Crippen LogP contribution in [0.4, 0.5) is 9.59 Å². The number of rotatable bonds is 4. The van der Waals surface area contributed by atoms with Crippen molar-refractivity contribution in [2.75, 3.05) is 33.3 Å². The third kappa shape index (κ3) is 2.57. The fourth-order valence-electron chi connectivity index (χ4n) is 5.30. The lowest BCUT2D eigenvalue weighted by molar-refractivity contribution is 0.0670. The zero-order chi connectivity index (χ0) is 21.0. The number of carbonyl (C=O) groups excluding carboxylic acids is 3. The van der Waals surface area contributed by atoms with Crippen LogP contribution in [0.2, 0.25) is 0 Å². The number of amides is 5. The maximum absolute atomic E-state index is 13.0. The van der Waals surface area contributed by atoms with Gasteiger partial charge in [0.1, 0.15) is 11.3 Å². The predicted molar refractivity (Wildman–Crippen MR) is 108 cm³/mol. The molecule has 5 amide bonds. The average Bonchev–Trinajstić information content (AvgIpc) is 3.20. The van der Waals surface area contributed by atoms with Gasteiger partial charge in [-0.3, -0.25) is 4.79 Å². The Morgan fingerprint density at radius 3 is 2.93 bits per heavy atom. The number of methoxy groups -OCH3 is 1. The Kier molecular flexibility index (Phi) is 4.16. The third-order valence-electron chi connectivity index (χ3n) is 6.65. The lowest BCUT2D eigenvalue weighted by Crippen LogP contribution is -2.66. The number of carbonyl (C=O) groups is 3. The number of urea groups is 2. The van der Waals surface area contributed by atoms with E-state index in [9.17, 15) is 14.4 Å². The molecule has 1 aromatic carbocycles. The Bertz CT molecular complexity index is 990. The molecular weight excluding hydrogens is 386 g/mol. The number of benzene rings is 1. The molecule has 3 N–H and O–H groups in total. The fraction of sp³-hybridized carbons (Fsp3) is 0.476. The Balaban J connectivity index is 1.39. The van der Waals surface area contributed by atoms with Crippen molar-refractivity contribution in [3.05, 3.63) is 40.6 Å². The second-order valence-electron chi connectivity index (χ2n) is 8.23. The number of hydrogen-bond donors (Lipinski definition) is 3. The van der Waals surface area contributed by atoms with Gasteiger partial charge in [-0.15, -0.1) is 0 Å². The van der Waals surface area contributed by atoms with Crippen molar-refractivity contribution in [1.29, 1.82) is 0 Å². The molecule has 9 nitrogen and oxygen atoms in total. The SMILES string of the molecule is CCNC(=O)N1CCC2C(=C3NC(=O)NC32CN2Cc3cc(OC)ccc3C2=O)C1. The molecule has 2 fully saturated rings. The molecule has 9 heteroatoms. The van der Waals surface area contributed by atoms with E-state index in [1.807, 2.05) is 13.0 Å². The zero-order valence-corrected chi connectivity index (χ0v) is 17.1. The molecule has 1 aliphatic carbocycles. The lowest BCUT2D eigenvalue weighted by Gasteiger charge is -2.53. The average molecular weight is 411 g/mol. The van der Waals surface area contributed by atoms with Crippen LogP contribution < -0.4 is 20.7 Å². The number of hydrogen-bond acceptors (Lipinski definition) is 4. The molecule has 3 aliphatic heterocycles. The first-order chi connectivity index (χ1) is 14.5. The van der Waals surface area contributed by atoms with Crippen molar-refractivity contribution in [3.63, 3.8) is 0 Å². The molecule has 158 valence electrons. The van der Waals surface area contributed by atoms with E-state index in [4.69, 9.17) is 4.74 Å². The highest BCUT2D eigenvalue weighted by Gasteiger charge is 2.61. The summed E-state index contributed by atoms with van der Waals surface area (Å²) < 4.78 is 5.28. The van der Waals surface area contributed by atoms with Gasteiger partial charge in [0.15, 0.2) is 0 Å². The van der Waals surface area contributed by atoms with Crippen LogP contribution in [0.15, 0.2) is 29.5 Å². The smallest absolute Gasteiger partial charge is 0.319 e. The molecule has 0 spiro atoms. The van der Waals surface area contributed by atoms with Gasteiger partial charge in [0.05, 0.1) is 13.7 Å². The van der Waals surface area contributed by atoms with Crippen molar-refractivity contribution in [2.45, 2.75) is 25.4 Å². The summed E-state index contributed by atoms with van der Waals surface area (Å²) in [6.07, 6.45) is 0.751. The summed E-state index contributed by atoms with van der Waals surface area (Å²) in [4.78, 5) is 41.1. The molecule has 5 rings (SSSR count). The van der Waals surface area contributed by atoms with Crippen LogP contribution in [-0.2, 0) is 6.54 Å². The molecule has 2 saturated heterocycles. The quantitative estimate of drug-likeness (QED) is 0.688. The topological polar surface area (TPSA) is 103 Å². The van der Waals surface area contributed by atoms with Gasteiger partial charge in [0, 0.05) is 43.4 Å². The summed E-state index contributed by atoms with van der Waals surface area (Å²) in [5.41, 5.74) is 2.93. The minimum absolute atomic E-state index is 0.0317. The van der Waals surface area contributed by atoms with Crippen LogP contribution in [0.3, 0.4) is 0 Å². The van der Waals surface area contributed by atoms with E-state index in [2.05, 4.69) is 16.0 Å². The third-order valence-corrected chi connectivity index (χ3v) is 6.65. The van der Waals surface area contributed by atoms with Crippen LogP contribution >= 0.6 is 0 Å². The van der Waals surface area contributed by atoms with Gasteiger partial charge >= 0.3 is 12.1 Å². The number of fused-ring (bicyclic) bond motifs is 4. The summed E-state index contributed by atoms with van der Waals surface area (Å²) in [7, 11) is 1.61. The maximum atomic E-state index is 13.0. The lowest BCUT2D eigenvalue weighted by atomic mass is 9.62. The number of piperidine rings is 1. The van der Waals surface area contributed by atoms with Crippen LogP contribution in [0.5, 0.6) is 5.75 Å². The second-order valence-corrected chi connectivity index (χ2v) is 8.23. The van der Waals surface area contributed by atoms with E-state index >= 15 is 0 Å². The predicted octanol–water partition coefficient (Wildman–Crippen LogP) is 1.02. The molecule has 2 unspecified atom stereocenters. The Morgan fingerprint density at radius 2 is 2.17 bits per heavy atom. The number of nitrogens with zero attached hydrogens (tertiary/aromatic N) is 2. The Hall–Kier alpha value is -3.23. The molecule has 3 heterocycles. The van der Waals surface area contributed by atoms with E-state index in [0.717, 1.165) is 29.0 Å². The second kappa shape index (κ2) is 6.65. The Morgan fingerprint density at radius 1 is 1.33 bits per heavy atom. The molecule has 0 bridgehead atoms. The van der Waals surface area contributed by atoms with Gasteiger partial charge in [-0.1, -0.05) is 0 Å². The normalized spacial score (nSPS) is 26.4. The van der Waals surface area contributed by atoms with Crippen LogP contribution in [0, 0.1) is 5.92 Å².